The summed E-state index contributed by atoms with van der Waals surface area (Å²) in [4.78, 5) is 5.84. The predicted molar refractivity (Wildman–Crippen MR) is 72.9 cm³/mol. The number of hydrogen-bond acceptors (Lipinski definition) is 5. The minimum atomic E-state index is 0.213. The maximum Gasteiger partial charge on any atom is 0.133 e. The molecule has 0 fully saturated rings. The standard InChI is InChI=1S/C13H19N3OS/c1-8-7-12(16-17-8)10(3)14-6-5-13-15-9(2)11(4)18-13/h7,10,14H,5-6H2,1-4H3/t10-/m0/s1. The van der Waals surface area contributed by atoms with E-state index in [2.05, 4.69) is 36.2 Å². The molecule has 0 saturated heterocycles. The molecule has 0 saturated carbocycles. The number of thiazole rings is 1. The molecule has 0 aliphatic rings. The Morgan fingerprint density at radius 1 is 1.39 bits per heavy atom. The van der Waals surface area contributed by atoms with Gasteiger partial charge >= 0.3 is 0 Å². The van der Waals surface area contributed by atoms with Crippen LogP contribution in [0.4, 0.5) is 0 Å². The van der Waals surface area contributed by atoms with Gasteiger partial charge in [0.25, 0.3) is 0 Å². The van der Waals surface area contributed by atoms with Crippen molar-refractivity contribution in [2.75, 3.05) is 6.54 Å². The average Bonchev–Trinajstić information content (AvgIpc) is 2.87. The lowest BCUT2D eigenvalue weighted by atomic mass is 10.2. The van der Waals surface area contributed by atoms with Crippen LogP contribution in [0.25, 0.3) is 0 Å². The van der Waals surface area contributed by atoms with Crippen LogP contribution < -0.4 is 5.32 Å². The summed E-state index contributed by atoms with van der Waals surface area (Å²) in [6.07, 6.45) is 0.959. The van der Waals surface area contributed by atoms with Gasteiger partial charge in [0, 0.05) is 23.9 Å². The van der Waals surface area contributed by atoms with Gasteiger partial charge in [-0.3, -0.25) is 0 Å². The second kappa shape index (κ2) is 5.63. The lowest BCUT2D eigenvalue weighted by Crippen LogP contribution is -2.21. The third kappa shape index (κ3) is 3.17. The molecule has 0 bridgehead atoms. The van der Waals surface area contributed by atoms with Crippen molar-refractivity contribution in [1.29, 1.82) is 0 Å². The molecule has 1 atom stereocenters. The number of aromatic nitrogens is 2. The molecule has 0 amide bonds. The molecule has 0 aliphatic carbocycles. The van der Waals surface area contributed by atoms with Crippen LogP contribution in [-0.4, -0.2) is 16.7 Å². The third-order valence-corrected chi connectivity index (χ3v) is 4.08. The van der Waals surface area contributed by atoms with Crippen LogP contribution in [0.1, 0.15) is 40.0 Å². The summed E-state index contributed by atoms with van der Waals surface area (Å²) >= 11 is 1.78. The molecular formula is C13H19N3OS. The lowest BCUT2D eigenvalue weighted by Gasteiger charge is -2.09. The zero-order valence-electron chi connectivity index (χ0n) is 11.3. The molecular weight excluding hydrogens is 246 g/mol. The zero-order chi connectivity index (χ0) is 13.1. The van der Waals surface area contributed by atoms with E-state index in [1.807, 2.05) is 13.0 Å². The predicted octanol–water partition coefficient (Wildman–Crippen LogP) is 2.95. The van der Waals surface area contributed by atoms with E-state index in [1.54, 1.807) is 11.3 Å². The fourth-order valence-corrected chi connectivity index (χ4v) is 2.67. The van der Waals surface area contributed by atoms with Crippen LogP contribution in [-0.2, 0) is 6.42 Å². The highest BCUT2D eigenvalue weighted by Gasteiger charge is 2.10. The van der Waals surface area contributed by atoms with Crippen molar-refractivity contribution >= 4 is 11.3 Å². The highest BCUT2D eigenvalue weighted by Crippen LogP contribution is 2.17. The molecule has 0 spiro atoms. The number of hydrogen-bond donors (Lipinski definition) is 1. The van der Waals surface area contributed by atoms with Crippen LogP contribution in [0.2, 0.25) is 0 Å². The van der Waals surface area contributed by atoms with Crippen LogP contribution in [0, 0.1) is 20.8 Å². The molecule has 2 aromatic rings. The van der Waals surface area contributed by atoms with E-state index in [4.69, 9.17) is 4.52 Å². The molecule has 2 heterocycles. The molecule has 98 valence electrons. The Labute approximate surface area is 111 Å². The van der Waals surface area contributed by atoms with E-state index in [1.165, 1.54) is 9.88 Å². The van der Waals surface area contributed by atoms with Crippen molar-refractivity contribution in [1.82, 2.24) is 15.5 Å². The summed E-state index contributed by atoms with van der Waals surface area (Å²) in [5, 5.41) is 8.64. The lowest BCUT2D eigenvalue weighted by molar-refractivity contribution is 0.381. The summed E-state index contributed by atoms with van der Waals surface area (Å²) in [6.45, 7) is 9.08. The van der Waals surface area contributed by atoms with Gasteiger partial charge in [-0.1, -0.05) is 5.16 Å². The zero-order valence-corrected chi connectivity index (χ0v) is 12.1. The van der Waals surface area contributed by atoms with Gasteiger partial charge in [0.2, 0.25) is 0 Å². The Kier molecular flexibility index (Phi) is 4.14. The maximum absolute atomic E-state index is 5.07. The third-order valence-electron chi connectivity index (χ3n) is 2.95. The average molecular weight is 265 g/mol. The topological polar surface area (TPSA) is 51.0 Å². The fraction of sp³-hybridized carbons (Fsp3) is 0.538. The molecule has 0 unspecified atom stereocenters. The Balaban J connectivity index is 1.81. The van der Waals surface area contributed by atoms with Crippen molar-refractivity contribution in [2.45, 2.75) is 40.2 Å². The number of nitrogens with zero attached hydrogens (tertiary/aromatic N) is 2. The number of nitrogens with one attached hydrogen (secondary N) is 1. The Bertz CT molecular complexity index is 499. The minimum absolute atomic E-state index is 0.213. The van der Waals surface area contributed by atoms with E-state index in [-0.39, 0.29) is 6.04 Å². The smallest absolute Gasteiger partial charge is 0.133 e. The first-order valence-electron chi connectivity index (χ1n) is 6.15. The summed E-state index contributed by atoms with van der Waals surface area (Å²) in [6, 6.07) is 2.18. The van der Waals surface area contributed by atoms with Gasteiger partial charge in [0.05, 0.1) is 16.7 Å². The summed E-state index contributed by atoms with van der Waals surface area (Å²) < 4.78 is 5.07. The molecule has 1 N–H and O–H groups in total. The molecule has 4 nitrogen and oxygen atoms in total. The van der Waals surface area contributed by atoms with E-state index in [0.29, 0.717) is 0 Å². The van der Waals surface area contributed by atoms with Gasteiger partial charge in [0.15, 0.2) is 0 Å². The van der Waals surface area contributed by atoms with Gasteiger partial charge in [-0.25, -0.2) is 4.98 Å². The van der Waals surface area contributed by atoms with E-state index in [0.717, 1.165) is 30.1 Å². The monoisotopic (exact) mass is 265 g/mol. The van der Waals surface area contributed by atoms with Crippen molar-refractivity contribution in [3.8, 4) is 0 Å². The van der Waals surface area contributed by atoms with Gasteiger partial charge in [-0.05, 0) is 27.7 Å². The highest BCUT2D eigenvalue weighted by atomic mass is 32.1. The summed E-state index contributed by atoms with van der Waals surface area (Å²) in [5.41, 5.74) is 2.11. The quantitative estimate of drug-likeness (QED) is 0.903. The van der Waals surface area contributed by atoms with Crippen LogP contribution >= 0.6 is 11.3 Å². The van der Waals surface area contributed by atoms with Crippen molar-refractivity contribution in [3.05, 3.63) is 33.1 Å². The molecule has 5 heteroatoms. The molecule has 0 radical (unpaired) electrons. The summed E-state index contributed by atoms with van der Waals surface area (Å²) in [5.74, 6) is 0.852. The number of rotatable bonds is 5. The minimum Gasteiger partial charge on any atom is -0.361 e. The SMILES string of the molecule is Cc1cc([C@H](C)NCCc2nc(C)c(C)s2)no1. The van der Waals surface area contributed by atoms with Gasteiger partial charge in [-0.15, -0.1) is 11.3 Å². The first-order valence-corrected chi connectivity index (χ1v) is 6.97. The van der Waals surface area contributed by atoms with Crippen LogP contribution in [0.3, 0.4) is 0 Å². The summed E-state index contributed by atoms with van der Waals surface area (Å²) in [7, 11) is 0. The van der Waals surface area contributed by atoms with Crippen LogP contribution in [0.5, 0.6) is 0 Å². The Morgan fingerprint density at radius 2 is 2.17 bits per heavy atom. The maximum atomic E-state index is 5.07. The molecule has 18 heavy (non-hydrogen) atoms. The Morgan fingerprint density at radius 3 is 2.72 bits per heavy atom. The first-order chi connectivity index (χ1) is 8.56. The molecule has 2 aromatic heterocycles. The normalized spacial score (nSPS) is 12.9. The Hall–Kier alpha value is -1.20. The van der Waals surface area contributed by atoms with Crippen molar-refractivity contribution in [3.63, 3.8) is 0 Å². The molecule has 0 aliphatic heterocycles. The highest BCUT2D eigenvalue weighted by molar-refractivity contribution is 7.11. The fourth-order valence-electron chi connectivity index (χ4n) is 1.74. The van der Waals surface area contributed by atoms with E-state index >= 15 is 0 Å². The van der Waals surface area contributed by atoms with Crippen LogP contribution in [0.15, 0.2) is 10.6 Å². The van der Waals surface area contributed by atoms with Crippen molar-refractivity contribution < 1.29 is 4.52 Å². The molecule has 2 rings (SSSR count). The first kappa shape index (κ1) is 13.2. The largest absolute Gasteiger partial charge is 0.361 e. The number of aryl methyl sites for hydroxylation is 3. The second-order valence-electron chi connectivity index (χ2n) is 4.54. The van der Waals surface area contributed by atoms with Gasteiger partial charge in [0.1, 0.15) is 11.5 Å². The van der Waals surface area contributed by atoms with E-state index < -0.39 is 0 Å². The van der Waals surface area contributed by atoms with Crippen molar-refractivity contribution in [2.24, 2.45) is 0 Å². The van der Waals surface area contributed by atoms with Gasteiger partial charge in [-0.2, -0.15) is 0 Å². The second-order valence-corrected chi connectivity index (χ2v) is 5.83. The van der Waals surface area contributed by atoms with Gasteiger partial charge < -0.3 is 9.84 Å². The van der Waals surface area contributed by atoms with E-state index in [9.17, 15) is 0 Å². The molecule has 0 aromatic carbocycles.